The van der Waals surface area contributed by atoms with Crippen LogP contribution in [0.5, 0.6) is 0 Å². The first-order valence-electron chi connectivity index (χ1n) is 9.64. The van der Waals surface area contributed by atoms with Gasteiger partial charge in [0.05, 0.1) is 11.3 Å². The Labute approximate surface area is 181 Å². The van der Waals surface area contributed by atoms with Gasteiger partial charge in [-0.2, -0.15) is 0 Å². The van der Waals surface area contributed by atoms with Crippen molar-refractivity contribution in [1.82, 2.24) is 0 Å². The Bertz CT molecular complexity index is 1170. The third kappa shape index (κ3) is 3.29. The number of carbonyl (C=O) groups excluding carboxylic acids is 2. The molecule has 0 atom stereocenters. The number of hydrogen-bond donors (Lipinski definition) is 0. The van der Waals surface area contributed by atoms with E-state index >= 15 is 0 Å². The van der Waals surface area contributed by atoms with Crippen molar-refractivity contribution in [3.05, 3.63) is 100 Å². The number of rotatable bonds is 4. The first-order chi connectivity index (χ1) is 14.4. The highest BCUT2D eigenvalue weighted by Crippen LogP contribution is 2.37. The van der Waals surface area contributed by atoms with Crippen LogP contribution in [-0.2, 0) is 9.59 Å². The maximum absolute atomic E-state index is 13.6. The maximum atomic E-state index is 13.6. The van der Waals surface area contributed by atoms with Crippen LogP contribution in [0.2, 0.25) is 5.02 Å². The summed E-state index contributed by atoms with van der Waals surface area (Å²) in [6.07, 6.45) is 0. The molecule has 0 saturated carbocycles. The van der Waals surface area contributed by atoms with Crippen LogP contribution in [0.3, 0.4) is 0 Å². The fraction of sp³-hybridized carbons (Fsp3) is 0.120. The molecule has 0 N–H and O–H groups in total. The molecule has 5 heteroatoms. The molecule has 0 aliphatic carbocycles. The molecule has 0 aromatic heterocycles. The first-order valence-corrected chi connectivity index (χ1v) is 10.0. The summed E-state index contributed by atoms with van der Waals surface area (Å²) in [7, 11) is 1.80. The van der Waals surface area contributed by atoms with Crippen molar-refractivity contribution in [2.45, 2.75) is 13.8 Å². The van der Waals surface area contributed by atoms with E-state index in [1.54, 1.807) is 36.2 Å². The molecule has 0 radical (unpaired) electrons. The van der Waals surface area contributed by atoms with Gasteiger partial charge >= 0.3 is 0 Å². The van der Waals surface area contributed by atoms with Crippen molar-refractivity contribution in [3.63, 3.8) is 0 Å². The van der Waals surface area contributed by atoms with Crippen molar-refractivity contribution in [1.29, 1.82) is 0 Å². The van der Waals surface area contributed by atoms with Crippen LogP contribution >= 0.6 is 11.6 Å². The Kier molecular flexibility index (Phi) is 5.18. The van der Waals surface area contributed by atoms with Crippen molar-refractivity contribution >= 4 is 40.4 Å². The number of aryl methyl sites for hydroxylation is 1. The number of amides is 2. The molecule has 0 unspecified atom stereocenters. The smallest absolute Gasteiger partial charge is 0.282 e. The Morgan fingerprint density at radius 1 is 0.800 bits per heavy atom. The number of halogens is 1. The second-order valence-electron chi connectivity index (χ2n) is 7.29. The van der Waals surface area contributed by atoms with Crippen molar-refractivity contribution < 1.29 is 9.59 Å². The molecule has 3 aromatic carbocycles. The topological polar surface area (TPSA) is 40.6 Å². The Balaban J connectivity index is 1.91. The normalized spacial score (nSPS) is 13.9. The Morgan fingerprint density at radius 2 is 1.47 bits per heavy atom. The van der Waals surface area contributed by atoms with Gasteiger partial charge < -0.3 is 4.90 Å². The highest BCUT2D eigenvalue weighted by molar-refractivity contribution is 6.46. The molecular formula is C25H21ClN2O2. The number of anilines is 2. The van der Waals surface area contributed by atoms with E-state index in [2.05, 4.69) is 0 Å². The van der Waals surface area contributed by atoms with Gasteiger partial charge in [0.1, 0.15) is 5.70 Å². The summed E-state index contributed by atoms with van der Waals surface area (Å²) < 4.78 is 0. The molecule has 0 bridgehead atoms. The predicted octanol–water partition coefficient (Wildman–Crippen LogP) is 5.38. The predicted molar refractivity (Wildman–Crippen MR) is 122 cm³/mol. The average molecular weight is 417 g/mol. The summed E-state index contributed by atoms with van der Waals surface area (Å²) in [6.45, 7) is 3.89. The van der Waals surface area contributed by atoms with Gasteiger partial charge in [-0.15, -0.1) is 0 Å². The Morgan fingerprint density at radius 3 is 2.13 bits per heavy atom. The van der Waals surface area contributed by atoms with Gasteiger partial charge in [0.15, 0.2) is 0 Å². The number of likely N-dealkylation sites (N-methyl/N-ethyl adjacent to an activating group) is 1. The van der Waals surface area contributed by atoms with Crippen LogP contribution in [-0.4, -0.2) is 18.9 Å². The number of nitrogens with zero attached hydrogens (tertiary/aromatic N) is 2. The summed E-state index contributed by atoms with van der Waals surface area (Å²) >= 11 is 6.05. The van der Waals surface area contributed by atoms with Crippen LogP contribution in [0.25, 0.3) is 5.57 Å². The van der Waals surface area contributed by atoms with Gasteiger partial charge in [-0.3, -0.25) is 9.59 Å². The van der Waals surface area contributed by atoms with Crippen LogP contribution in [0.15, 0.2) is 78.5 Å². The van der Waals surface area contributed by atoms with E-state index in [1.165, 1.54) is 4.90 Å². The summed E-state index contributed by atoms with van der Waals surface area (Å²) in [4.78, 5) is 30.3. The fourth-order valence-electron chi connectivity index (χ4n) is 3.68. The number of hydrogen-bond acceptors (Lipinski definition) is 3. The molecule has 4 nitrogen and oxygen atoms in total. The number of imide groups is 1. The van der Waals surface area contributed by atoms with Gasteiger partial charge in [0, 0.05) is 17.8 Å². The van der Waals surface area contributed by atoms with Gasteiger partial charge in [0.25, 0.3) is 11.8 Å². The molecule has 4 rings (SSSR count). The molecule has 2 amide bonds. The van der Waals surface area contributed by atoms with Gasteiger partial charge in [-0.05, 0) is 60.9 Å². The zero-order chi connectivity index (χ0) is 21.4. The number of benzene rings is 3. The van der Waals surface area contributed by atoms with Crippen LogP contribution in [0.1, 0.15) is 16.7 Å². The quantitative estimate of drug-likeness (QED) is 0.536. The lowest BCUT2D eigenvalue weighted by Gasteiger charge is -2.22. The highest BCUT2D eigenvalue weighted by atomic mass is 35.5. The van der Waals surface area contributed by atoms with E-state index < -0.39 is 0 Å². The van der Waals surface area contributed by atoms with E-state index in [0.717, 1.165) is 16.8 Å². The molecule has 0 saturated heterocycles. The minimum atomic E-state index is -0.343. The molecule has 30 heavy (non-hydrogen) atoms. The van der Waals surface area contributed by atoms with E-state index in [0.29, 0.717) is 27.5 Å². The zero-order valence-corrected chi connectivity index (χ0v) is 17.8. The molecular weight excluding hydrogens is 396 g/mol. The number of para-hydroxylation sites is 1. The SMILES string of the molecule is Cc1cccc(N2C(=O)C(c3ccc(Cl)cc3)=C(N(C)c3ccccc3)C2=O)c1C. The fourth-order valence-corrected chi connectivity index (χ4v) is 3.81. The molecule has 1 aliphatic rings. The van der Waals surface area contributed by atoms with E-state index in [1.807, 2.05) is 62.4 Å². The van der Waals surface area contributed by atoms with E-state index in [9.17, 15) is 9.59 Å². The second kappa shape index (κ2) is 7.81. The maximum Gasteiger partial charge on any atom is 0.282 e. The van der Waals surface area contributed by atoms with Gasteiger partial charge in [-0.1, -0.05) is 54.1 Å². The van der Waals surface area contributed by atoms with Crippen molar-refractivity contribution in [3.8, 4) is 0 Å². The Hall–Kier alpha value is -3.37. The highest BCUT2D eigenvalue weighted by Gasteiger charge is 2.42. The molecule has 0 fully saturated rings. The van der Waals surface area contributed by atoms with Gasteiger partial charge in [0.2, 0.25) is 0 Å². The molecule has 150 valence electrons. The van der Waals surface area contributed by atoms with Gasteiger partial charge in [-0.25, -0.2) is 4.90 Å². The third-order valence-corrected chi connectivity index (χ3v) is 5.74. The first kappa shape index (κ1) is 19.9. The summed E-state index contributed by atoms with van der Waals surface area (Å²) in [5.41, 5.74) is 4.71. The summed E-state index contributed by atoms with van der Waals surface area (Å²) in [5, 5.41) is 0.570. The molecule has 0 spiro atoms. The molecule has 1 aliphatic heterocycles. The average Bonchev–Trinajstić information content (AvgIpc) is 3.01. The standard InChI is InChI=1S/C25H21ClN2O2/c1-16-8-7-11-21(17(16)2)28-24(29)22(18-12-14-19(26)15-13-18)23(25(28)30)27(3)20-9-5-4-6-10-20/h4-15H,1-3H3. The second-order valence-corrected chi connectivity index (χ2v) is 7.73. The largest absolute Gasteiger partial charge is 0.339 e. The zero-order valence-electron chi connectivity index (χ0n) is 17.0. The van der Waals surface area contributed by atoms with Crippen molar-refractivity contribution in [2.75, 3.05) is 16.8 Å². The monoisotopic (exact) mass is 416 g/mol. The minimum absolute atomic E-state index is 0.339. The van der Waals surface area contributed by atoms with E-state index in [-0.39, 0.29) is 11.8 Å². The molecule has 3 aromatic rings. The van der Waals surface area contributed by atoms with Crippen molar-refractivity contribution in [2.24, 2.45) is 0 Å². The van der Waals surface area contributed by atoms with Crippen LogP contribution < -0.4 is 9.80 Å². The third-order valence-electron chi connectivity index (χ3n) is 5.49. The lowest BCUT2D eigenvalue weighted by atomic mass is 10.0. The summed E-state index contributed by atoms with van der Waals surface area (Å²) in [5.74, 6) is -0.682. The molecule has 1 heterocycles. The lowest BCUT2D eigenvalue weighted by Crippen LogP contribution is -2.34. The van der Waals surface area contributed by atoms with Crippen LogP contribution in [0, 0.1) is 13.8 Å². The van der Waals surface area contributed by atoms with Crippen LogP contribution in [0.4, 0.5) is 11.4 Å². The minimum Gasteiger partial charge on any atom is -0.339 e. The number of carbonyl (C=O) groups is 2. The van der Waals surface area contributed by atoms with E-state index in [4.69, 9.17) is 11.6 Å². The summed E-state index contributed by atoms with van der Waals surface area (Å²) in [6, 6.07) is 22.2. The lowest BCUT2D eigenvalue weighted by molar-refractivity contribution is -0.120.